The molecule has 2 N–H and O–H groups in total. The minimum Gasteiger partial charge on any atom is -0.352 e. The monoisotopic (exact) mass is 386 g/mol. The van der Waals surface area contributed by atoms with Gasteiger partial charge in [-0.15, -0.1) is 0 Å². The number of nitrogens with one attached hydrogen (secondary N) is 2. The van der Waals surface area contributed by atoms with Crippen LogP contribution in [-0.4, -0.2) is 17.9 Å². The van der Waals surface area contributed by atoms with E-state index in [2.05, 4.69) is 34.9 Å². The van der Waals surface area contributed by atoms with Gasteiger partial charge < -0.3 is 10.6 Å². The van der Waals surface area contributed by atoms with Crippen molar-refractivity contribution in [2.24, 2.45) is 0 Å². The van der Waals surface area contributed by atoms with E-state index in [4.69, 9.17) is 0 Å². The first kappa shape index (κ1) is 20.3. The zero-order valence-electron chi connectivity index (χ0n) is 16.8. The fourth-order valence-corrected chi connectivity index (χ4v) is 3.46. The van der Waals surface area contributed by atoms with Crippen molar-refractivity contribution in [3.63, 3.8) is 0 Å². The molecule has 148 valence electrons. The van der Waals surface area contributed by atoms with Crippen molar-refractivity contribution < 1.29 is 9.59 Å². The van der Waals surface area contributed by atoms with Gasteiger partial charge in [0.15, 0.2) is 0 Å². The van der Waals surface area contributed by atoms with Crippen LogP contribution in [0.4, 0.5) is 0 Å². The number of carbonyl (C=O) groups is 2. The summed E-state index contributed by atoms with van der Waals surface area (Å²) in [6.07, 6.45) is 0. The van der Waals surface area contributed by atoms with E-state index in [1.54, 1.807) is 12.1 Å². The van der Waals surface area contributed by atoms with Gasteiger partial charge in [0.05, 0.1) is 0 Å². The lowest BCUT2D eigenvalue weighted by Crippen LogP contribution is -2.37. The molecule has 1 atom stereocenters. The van der Waals surface area contributed by atoms with Gasteiger partial charge >= 0.3 is 0 Å². The van der Waals surface area contributed by atoms with Crippen LogP contribution in [0, 0.1) is 0 Å². The number of hydrogen-bond acceptors (Lipinski definition) is 2. The third-order valence-corrected chi connectivity index (χ3v) is 4.93. The second-order valence-corrected chi connectivity index (χ2v) is 7.17. The molecule has 1 unspecified atom stereocenters. The summed E-state index contributed by atoms with van der Waals surface area (Å²) < 4.78 is 0. The summed E-state index contributed by atoms with van der Waals surface area (Å²) in [5.41, 5.74) is 3.88. The van der Waals surface area contributed by atoms with Crippen LogP contribution in [-0.2, 0) is 11.3 Å². The Morgan fingerprint density at radius 2 is 1.31 bits per heavy atom. The van der Waals surface area contributed by atoms with Crippen LogP contribution in [0.25, 0.3) is 0 Å². The quantitative estimate of drug-likeness (QED) is 0.637. The maximum atomic E-state index is 12.8. The van der Waals surface area contributed by atoms with E-state index < -0.39 is 0 Å². The predicted molar refractivity (Wildman–Crippen MR) is 116 cm³/mol. The smallest absolute Gasteiger partial charge is 0.251 e. The SMILES string of the molecule is CC(=O)NCc1ccc(C(=O)NC(C)C(c2ccccc2)c2ccccc2)cc1. The average Bonchev–Trinajstić information content (AvgIpc) is 2.74. The van der Waals surface area contributed by atoms with E-state index in [0.29, 0.717) is 12.1 Å². The molecule has 0 aliphatic rings. The highest BCUT2D eigenvalue weighted by Crippen LogP contribution is 2.28. The molecule has 0 aliphatic heterocycles. The predicted octanol–water partition coefficient (Wildman–Crippen LogP) is 4.27. The Hall–Kier alpha value is -3.40. The number of amides is 2. The molecule has 0 radical (unpaired) electrons. The van der Waals surface area contributed by atoms with E-state index in [9.17, 15) is 9.59 Å². The highest BCUT2D eigenvalue weighted by molar-refractivity contribution is 5.94. The fourth-order valence-electron chi connectivity index (χ4n) is 3.46. The van der Waals surface area contributed by atoms with Crippen molar-refractivity contribution in [3.05, 3.63) is 107 Å². The van der Waals surface area contributed by atoms with Crippen molar-refractivity contribution in [3.8, 4) is 0 Å². The number of hydrogen-bond donors (Lipinski definition) is 2. The van der Waals surface area contributed by atoms with Gasteiger partial charge in [-0.1, -0.05) is 72.8 Å². The summed E-state index contributed by atoms with van der Waals surface area (Å²) in [6, 6.07) is 27.7. The number of carbonyl (C=O) groups excluding carboxylic acids is 2. The Balaban J connectivity index is 1.74. The van der Waals surface area contributed by atoms with Crippen molar-refractivity contribution in [2.45, 2.75) is 32.4 Å². The molecule has 0 fully saturated rings. The van der Waals surface area contributed by atoms with Crippen LogP contribution in [0.5, 0.6) is 0 Å². The second kappa shape index (κ2) is 9.69. The molecule has 0 aromatic heterocycles. The molecule has 0 bridgehead atoms. The maximum Gasteiger partial charge on any atom is 0.251 e. The standard InChI is InChI=1S/C25H26N2O2/c1-18(24(21-9-5-3-6-10-21)22-11-7-4-8-12-22)27-25(29)23-15-13-20(14-16-23)17-26-19(2)28/h3-16,18,24H,17H2,1-2H3,(H,26,28)(H,27,29). The van der Waals surface area contributed by atoms with Crippen molar-refractivity contribution in [1.29, 1.82) is 0 Å². The lowest BCUT2D eigenvalue weighted by Gasteiger charge is -2.26. The Morgan fingerprint density at radius 3 is 1.79 bits per heavy atom. The Kier molecular flexibility index (Phi) is 6.80. The van der Waals surface area contributed by atoms with Crippen LogP contribution in [0.1, 0.15) is 46.8 Å². The molecule has 0 aliphatic carbocycles. The molecule has 0 saturated carbocycles. The van der Waals surface area contributed by atoms with Crippen LogP contribution in [0.3, 0.4) is 0 Å². The lowest BCUT2D eigenvalue weighted by molar-refractivity contribution is -0.119. The van der Waals surface area contributed by atoms with E-state index in [0.717, 1.165) is 16.7 Å². The van der Waals surface area contributed by atoms with E-state index in [1.165, 1.54) is 6.92 Å². The van der Waals surface area contributed by atoms with Gasteiger partial charge in [-0.3, -0.25) is 9.59 Å². The Labute approximate surface area is 172 Å². The van der Waals surface area contributed by atoms with Gasteiger partial charge in [0, 0.05) is 31.0 Å². The normalized spacial score (nSPS) is 11.7. The first-order valence-corrected chi connectivity index (χ1v) is 9.78. The van der Waals surface area contributed by atoms with E-state index in [-0.39, 0.29) is 23.8 Å². The van der Waals surface area contributed by atoms with Crippen LogP contribution < -0.4 is 10.6 Å². The molecule has 0 heterocycles. The summed E-state index contributed by atoms with van der Waals surface area (Å²) in [7, 11) is 0. The number of benzene rings is 3. The second-order valence-electron chi connectivity index (χ2n) is 7.17. The van der Waals surface area contributed by atoms with E-state index in [1.807, 2.05) is 55.5 Å². The Bertz CT molecular complexity index is 898. The molecule has 0 spiro atoms. The lowest BCUT2D eigenvalue weighted by atomic mass is 9.85. The largest absolute Gasteiger partial charge is 0.352 e. The van der Waals surface area contributed by atoms with Gasteiger partial charge in [0.25, 0.3) is 5.91 Å². The third kappa shape index (κ3) is 5.55. The topological polar surface area (TPSA) is 58.2 Å². The van der Waals surface area contributed by atoms with Crippen molar-refractivity contribution >= 4 is 11.8 Å². The van der Waals surface area contributed by atoms with Crippen LogP contribution in [0.2, 0.25) is 0 Å². The molecule has 29 heavy (non-hydrogen) atoms. The number of rotatable bonds is 7. The molecule has 3 aromatic carbocycles. The van der Waals surface area contributed by atoms with Gasteiger partial charge in [0.1, 0.15) is 0 Å². The average molecular weight is 386 g/mol. The molecule has 4 nitrogen and oxygen atoms in total. The Morgan fingerprint density at radius 1 is 0.793 bits per heavy atom. The van der Waals surface area contributed by atoms with Gasteiger partial charge in [-0.05, 0) is 35.7 Å². The van der Waals surface area contributed by atoms with Gasteiger partial charge in [-0.25, -0.2) is 0 Å². The van der Waals surface area contributed by atoms with Gasteiger partial charge in [-0.2, -0.15) is 0 Å². The third-order valence-electron chi connectivity index (χ3n) is 4.93. The fraction of sp³-hybridized carbons (Fsp3) is 0.200. The molecule has 2 amide bonds. The van der Waals surface area contributed by atoms with Gasteiger partial charge in [0.2, 0.25) is 5.91 Å². The highest BCUT2D eigenvalue weighted by atomic mass is 16.2. The zero-order chi connectivity index (χ0) is 20.6. The van der Waals surface area contributed by atoms with Crippen molar-refractivity contribution in [2.75, 3.05) is 0 Å². The summed E-state index contributed by atoms with van der Waals surface area (Å²) in [6.45, 7) is 3.98. The van der Waals surface area contributed by atoms with Crippen LogP contribution in [0.15, 0.2) is 84.9 Å². The summed E-state index contributed by atoms with van der Waals surface area (Å²) >= 11 is 0. The van der Waals surface area contributed by atoms with E-state index >= 15 is 0 Å². The molecule has 3 aromatic rings. The molecular weight excluding hydrogens is 360 g/mol. The molecule has 0 saturated heterocycles. The molecule has 3 rings (SSSR count). The minimum atomic E-state index is -0.111. The summed E-state index contributed by atoms with van der Waals surface area (Å²) in [4.78, 5) is 23.9. The minimum absolute atomic E-state index is 0.0559. The van der Waals surface area contributed by atoms with Crippen LogP contribution >= 0.6 is 0 Å². The first-order chi connectivity index (χ1) is 14.0. The zero-order valence-corrected chi connectivity index (χ0v) is 16.8. The summed E-state index contributed by atoms with van der Waals surface area (Å²) in [5.74, 6) is -0.130. The highest BCUT2D eigenvalue weighted by Gasteiger charge is 2.23. The molecular formula is C25H26N2O2. The summed E-state index contributed by atoms with van der Waals surface area (Å²) in [5, 5.41) is 5.91. The first-order valence-electron chi connectivity index (χ1n) is 9.78. The molecule has 4 heteroatoms. The maximum absolute atomic E-state index is 12.8. The van der Waals surface area contributed by atoms with Crippen molar-refractivity contribution in [1.82, 2.24) is 10.6 Å².